The minimum Gasteiger partial charge on any atom is -0.466 e. The Morgan fingerprint density at radius 2 is 1.48 bits per heavy atom. The molecule has 3 saturated heterocycles. The molecule has 4 aliphatic rings. The van der Waals surface area contributed by atoms with Gasteiger partial charge in [-0.05, 0) is 95.9 Å². The van der Waals surface area contributed by atoms with Crippen LogP contribution in [0.4, 0.5) is 15.3 Å². The van der Waals surface area contributed by atoms with E-state index in [1.54, 1.807) is 29.8 Å². The second kappa shape index (κ2) is 21.1. The number of nitrogens with zero attached hydrogens (tertiary/aromatic N) is 7. The van der Waals surface area contributed by atoms with Gasteiger partial charge in [0.15, 0.2) is 11.7 Å². The van der Waals surface area contributed by atoms with Crippen molar-refractivity contribution in [3.05, 3.63) is 63.6 Å². The van der Waals surface area contributed by atoms with E-state index in [0.717, 1.165) is 36.1 Å². The fourth-order valence-corrected chi connectivity index (χ4v) is 8.98. The Hall–Kier alpha value is -5.42. The largest absolute Gasteiger partial charge is 0.466 e. The van der Waals surface area contributed by atoms with Gasteiger partial charge in [-0.2, -0.15) is 0 Å². The predicted octanol–water partition coefficient (Wildman–Crippen LogP) is 3.70. The number of fused-ring (bicyclic) bond motifs is 2. The topological polar surface area (TPSA) is 170 Å². The quantitative estimate of drug-likeness (QED) is 0.295. The van der Waals surface area contributed by atoms with Gasteiger partial charge >= 0.3 is 23.8 Å². The van der Waals surface area contributed by atoms with Gasteiger partial charge in [0, 0.05) is 96.6 Å². The number of hydrogen-bond donors (Lipinski definition) is 1. The number of carbonyl (C=O) groups excluding carboxylic acids is 5. The van der Waals surface area contributed by atoms with Crippen LogP contribution in [-0.2, 0) is 43.7 Å². The van der Waals surface area contributed by atoms with E-state index in [0.29, 0.717) is 95.0 Å². The Kier molecular flexibility index (Phi) is 15.7. The van der Waals surface area contributed by atoms with Crippen LogP contribution in [-0.4, -0.2) is 169 Å². The molecule has 3 fully saturated rings. The van der Waals surface area contributed by atoms with Crippen LogP contribution in [0.15, 0.2) is 45.6 Å². The number of anilines is 1. The molecule has 5 amide bonds. The van der Waals surface area contributed by atoms with Crippen molar-refractivity contribution in [3.63, 3.8) is 0 Å². The molecule has 0 spiro atoms. The van der Waals surface area contributed by atoms with Crippen molar-refractivity contribution in [2.75, 3.05) is 92.0 Å². The number of nitrogens with one attached hydrogen (secondary N) is 1. The molecule has 1 atom stereocenters. The van der Waals surface area contributed by atoms with E-state index in [1.807, 2.05) is 73.1 Å². The Morgan fingerprint density at radius 3 is 2.16 bits per heavy atom. The molecule has 0 unspecified atom stereocenters. The van der Waals surface area contributed by atoms with Crippen molar-refractivity contribution in [2.45, 2.75) is 83.4 Å². The lowest BCUT2D eigenvalue weighted by Gasteiger charge is -2.43. The van der Waals surface area contributed by atoms with E-state index in [2.05, 4.69) is 10.2 Å². The molecule has 0 aliphatic carbocycles. The van der Waals surface area contributed by atoms with E-state index in [-0.39, 0.29) is 55.2 Å². The number of aromatic nitrogens is 1. The van der Waals surface area contributed by atoms with Crippen LogP contribution in [0.25, 0.3) is 11.1 Å². The third kappa shape index (κ3) is 11.5. The summed E-state index contributed by atoms with van der Waals surface area (Å²) in [5, 5.41) is 3.04. The second-order valence-corrected chi connectivity index (χ2v) is 17.1. The summed E-state index contributed by atoms with van der Waals surface area (Å²) >= 11 is 0. The van der Waals surface area contributed by atoms with Crippen molar-refractivity contribution < 1.29 is 37.9 Å². The standard InChI is InChI=1S/C42H55N7O9.C3H9N/c1-4-56-37(51)10-9-36(50)46-16-12-31(13-17-46)45-21-23-47(24-22-45)39(52)35(27-29-25-28(2)38-34(26-29)57-41(54)44(38)3)58-42(55)48-18-14-32(15-19-48)49-20-11-30-7-5-6-8-33(30)43-40(49)53;1-4(2)3/h5-8,25-26,31-32,35H,4,9-24,27H2,1-3H3,(H,43,53);1-3H3/t35-;/m1./s1. The summed E-state index contributed by atoms with van der Waals surface area (Å²) in [5.74, 6) is -1.16. The molecule has 1 N–H and O–H groups in total. The third-order valence-electron chi connectivity index (χ3n) is 12.2. The number of aryl methyl sites for hydroxylation is 2. The van der Waals surface area contributed by atoms with Crippen LogP contribution in [0.1, 0.15) is 62.1 Å². The lowest BCUT2D eigenvalue weighted by Crippen LogP contribution is -2.57. The molecular formula is C45H64N8O9. The van der Waals surface area contributed by atoms with Gasteiger partial charge in [0.25, 0.3) is 5.91 Å². The zero-order valence-corrected chi connectivity index (χ0v) is 37.2. The molecule has 338 valence electrons. The van der Waals surface area contributed by atoms with Gasteiger partial charge in [0.05, 0.1) is 18.5 Å². The molecule has 4 aliphatic heterocycles. The Bertz CT molecular complexity index is 2110. The first kappa shape index (κ1) is 46.1. The number of likely N-dealkylation sites (tertiary alicyclic amines) is 2. The van der Waals surface area contributed by atoms with Gasteiger partial charge in [-0.15, -0.1) is 0 Å². The van der Waals surface area contributed by atoms with E-state index in [1.165, 1.54) is 4.57 Å². The summed E-state index contributed by atoms with van der Waals surface area (Å²) in [6.45, 7) is 8.73. The fraction of sp³-hybridized carbons (Fsp3) is 0.600. The number of piperazine rings is 1. The average Bonchev–Trinajstić information content (AvgIpc) is 3.43. The Balaban J connectivity index is 0.00000154. The highest BCUT2D eigenvalue weighted by Gasteiger charge is 2.37. The molecule has 7 rings (SSSR count). The lowest BCUT2D eigenvalue weighted by molar-refractivity contribution is -0.146. The first-order valence-corrected chi connectivity index (χ1v) is 22.0. The summed E-state index contributed by atoms with van der Waals surface area (Å²) in [7, 11) is 7.65. The number of amides is 5. The number of carbonyl (C=O) groups is 5. The molecule has 62 heavy (non-hydrogen) atoms. The highest BCUT2D eigenvalue weighted by atomic mass is 16.6. The van der Waals surface area contributed by atoms with E-state index >= 15 is 0 Å². The van der Waals surface area contributed by atoms with Crippen molar-refractivity contribution >= 4 is 46.7 Å². The summed E-state index contributed by atoms with van der Waals surface area (Å²) in [4.78, 5) is 89.5. The molecule has 17 nitrogen and oxygen atoms in total. The van der Waals surface area contributed by atoms with Crippen molar-refractivity contribution in [1.29, 1.82) is 0 Å². The Labute approximate surface area is 363 Å². The second-order valence-electron chi connectivity index (χ2n) is 17.1. The number of para-hydroxylation sites is 1. The van der Waals surface area contributed by atoms with Crippen LogP contribution in [0.2, 0.25) is 0 Å². The van der Waals surface area contributed by atoms with Gasteiger partial charge < -0.3 is 43.7 Å². The molecule has 3 aromatic rings. The lowest BCUT2D eigenvalue weighted by atomic mass is 10.0. The maximum atomic E-state index is 14.3. The van der Waals surface area contributed by atoms with Crippen LogP contribution in [0, 0.1) is 6.92 Å². The van der Waals surface area contributed by atoms with E-state index in [9.17, 15) is 28.8 Å². The van der Waals surface area contributed by atoms with Gasteiger partial charge in [-0.25, -0.2) is 14.4 Å². The molecule has 17 heteroatoms. The van der Waals surface area contributed by atoms with Crippen LogP contribution in [0.3, 0.4) is 0 Å². The highest BCUT2D eigenvalue weighted by Crippen LogP contribution is 2.27. The zero-order valence-electron chi connectivity index (χ0n) is 37.2. The number of benzene rings is 2. The summed E-state index contributed by atoms with van der Waals surface area (Å²) in [6, 6.07) is 11.5. The van der Waals surface area contributed by atoms with E-state index in [4.69, 9.17) is 13.9 Å². The zero-order chi connectivity index (χ0) is 44.5. The van der Waals surface area contributed by atoms with Gasteiger partial charge in [-0.3, -0.25) is 23.9 Å². The highest BCUT2D eigenvalue weighted by molar-refractivity contribution is 5.91. The van der Waals surface area contributed by atoms with Gasteiger partial charge in [0.2, 0.25) is 5.91 Å². The van der Waals surface area contributed by atoms with Crippen LogP contribution in [0.5, 0.6) is 0 Å². The predicted molar refractivity (Wildman–Crippen MR) is 234 cm³/mol. The molecule has 1 aromatic heterocycles. The minimum absolute atomic E-state index is 0.0354. The minimum atomic E-state index is -1.11. The number of urea groups is 1. The molecular weight excluding hydrogens is 797 g/mol. The van der Waals surface area contributed by atoms with Crippen LogP contribution < -0.4 is 11.1 Å². The summed E-state index contributed by atoms with van der Waals surface area (Å²) in [5.41, 5.74) is 4.51. The third-order valence-corrected chi connectivity index (χ3v) is 12.2. The first-order valence-electron chi connectivity index (χ1n) is 22.0. The SMILES string of the molecule is CCOC(=O)CCC(=O)N1CCC(N2CCN(C(=O)[C@@H](Cc3cc(C)c4c(c3)oc(=O)n4C)OC(=O)N3CCC(N4CCc5ccccc5NC4=O)CC3)CC2)CC1.CN(C)C. The molecule has 0 radical (unpaired) electrons. The molecule has 0 saturated carbocycles. The number of rotatable bonds is 10. The fourth-order valence-electron chi connectivity index (χ4n) is 8.98. The van der Waals surface area contributed by atoms with E-state index < -0.39 is 18.0 Å². The first-order chi connectivity index (χ1) is 29.7. The van der Waals surface area contributed by atoms with Crippen molar-refractivity contribution in [3.8, 4) is 0 Å². The van der Waals surface area contributed by atoms with Gasteiger partial charge in [-0.1, -0.05) is 24.3 Å². The van der Waals surface area contributed by atoms with Crippen molar-refractivity contribution in [2.24, 2.45) is 7.05 Å². The number of hydrogen-bond acceptors (Lipinski definition) is 11. The smallest absolute Gasteiger partial charge is 0.419 e. The number of esters is 1. The molecule has 2 aromatic carbocycles. The number of piperidine rings is 2. The van der Waals surface area contributed by atoms with Crippen molar-refractivity contribution in [1.82, 2.24) is 34.0 Å². The maximum Gasteiger partial charge on any atom is 0.419 e. The maximum absolute atomic E-state index is 14.3. The summed E-state index contributed by atoms with van der Waals surface area (Å²) in [6.07, 6.45) is 2.19. The van der Waals surface area contributed by atoms with Crippen LogP contribution >= 0.6 is 0 Å². The summed E-state index contributed by atoms with van der Waals surface area (Å²) < 4.78 is 18.0. The molecule has 5 heterocycles. The average molecular weight is 861 g/mol. The molecule has 0 bridgehead atoms. The Morgan fingerprint density at radius 1 is 0.839 bits per heavy atom. The normalized spacial score (nSPS) is 18.4. The number of oxazole rings is 1. The van der Waals surface area contributed by atoms with Gasteiger partial charge in [0.1, 0.15) is 0 Å². The monoisotopic (exact) mass is 860 g/mol. The number of ether oxygens (including phenoxy) is 2.